The molecule has 3 rings (SSSR count). The number of sulfonamides is 1. The second-order valence-electron chi connectivity index (χ2n) is 6.48. The van der Waals surface area contributed by atoms with E-state index in [1.807, 2.05) is 12.1 Å². The molecule has 0 bridgehead atoms. The Bertz CT molecular complexity index is 1110. The molecular weight excluding hydrogens is 410 g/mol. The predicted molar refractivity (Wildman–Crippen MR) is 108 cm³/mol. The highest BCUT2D eigenvalue weighted by molar-refractivity contribution is 7.88. The smallest absolute Gasteiger partial charge is 0.387 e. The molecule has 0 spiro atoms. The lowest BCUT2D eigenvalue weighted by molar-refractivity contribution is -0.0498. The third-order valence-electron chi connectivity index (χ3n) is 4.31. The van der Waals surface area contributed by atoms with E-state index in [0.717, 1.165) is 0 Å². The van der Waals surface area contributed by atoms with Crippen molar-refractivity contribution in [2.75, 3.05) is 0 Å². The fourth-order valence-corrected chi connectivity index (χ4v) is 4.28. The predicted octanol–water partition coefficient (Wildman–Crippen LogP) is 4.37. The van der Waals surface area contributed by atoms with Gasteiger partial charge in [0.15, 0.2) is 0 Å². The molecule has 0 unspecified atom stereocenters. The molecule has 3 aromatic rings. The molecule has 1 atom stereocenters. The second kappa shape index (κ2) is 9.48. The second-order valence-corrected chi connectivity index (χ2v) is 8.23. The van der Waals surface area contributed by atoms with Gasteiger partial charge in [-0.3, -0.25) is 0 Å². The van der Waals surface area contributed by atoms with Gasteiger partial charge in [0.1, 0.15) is 5.75 Å². The first-order chi connectivity index (χ1) is 14.4. The lowest BCUT2D eigenvalue weighted by Gasteiger charge is -2.20. The van der Waals surface area contributed by atoms with E-state index in [1.165, 1.54) is 12.1 Å². The number of alkyl halides is 2. The summed E-state index contributed by atoms with van der Waals surface area (Å²) in [6.07, 6.45) is 0. The van der Waals surface area contributed by atoms with E-state index < -0.39 is 22.7 Å². The third-order valence-corrected chi connectivity index (χ3v) is 5.62. The number of halogens is 2. The van der Waals surface area contributed by atoms with Crippen molar-refractivity contribution in [2.24, 2.45) is 0 Å². The summed E-state index contributed by atoms with van der Waals surface area (Å²) in [7, 11) is -3.76. The molecule has 8 heteroatoms. The van der Waals surface area contributed by atoms with Gasteiger partial charge in [-0.25, -0.2) is 13.1 Å². The molecule has 30 heavy (non-hydrogen) atoms. The Labute approximate surface area is 173 Å². The number of benzene rings is 3. The maximum absolute atomic E-state index is 12.8. The molecule has 0 aliphatic carbocycles. The van der Waals surface area contributed by atoms with Gasteiger partial charge in [-0.2, -0.15) is 14.0 Å². The van der Waals surface area contributed by atoms with Crippen LogP contribution in [0.2, 0.25) is 0 Å². The van der Waals surface area contributed by atoms with E-state index in [0.29, 0.717) is 22.3 Å². The Morgan fingerprint density at radius 2 is 1.50 bits per heavy atom. The molecular formula is C22H18F2N2O3S. The SMILES string of the molecule is N#Cc1ccc(CS(=O)(=O)N[C@H](c2ccccc2)c2ccc(OC(F)F)cc2)cc1. The highest BCUT2D eigenvalue weighted by atomic mass is 32.2. The molecule has 0 fully saturated rings. The van der Waals surface area contributed by atoms with Gasteiger partial charge in [-0.1, -0.05) is 54.6 Å². The minimum Gasteiger partial charge on any atom is -0.435 e. The minimum atomic E-state index is -3.76. The molecule has 0 saturated heterocycles. The molecule has 0 radical (unpaired) electrons. The van der Waals surface area contributed by atoms with Gasteiger partial charge in [0.05, 0.1) is 23.4 Å². The van der Waals surface area contributed by atoms with Gasteiger partial charge >= 0.3 is 6.61 Å². The summed E-state index contributed by atoms with van der Waals surface area (Å²) in [4.78, 5) is 0. The minimum absolute atomic E-state index is 0.0130. The van der Waals surface area contributed by atoms with Gasteiger partial charge in [0.25, 0.3) is 0 Å². The average Bonchev–Trinajstić information content (AvgIpc) is 2.73. The van der Waals surface area contributed by atoms with Crippen LogP contribution in [0.25, 0.3) is 0 Å². The summed E-state index contributed by atoms with van der Waals surface area (Å²) in [5.74, 6) is -0.282. The first kappa shape index (κ1) is 21.4. The van der Waals surface area contributed by atoms with E-state index >= 15 is 0 Å². The van der Waals surface area contributed by atoms with E-state index in [-0.39, 0.29) is 11.5 Å². The van der Waals surface area contributed by atoms with Crippen LogP contribution < -0.4 is 9.46 Å². The number of rotatable bonds is 8. The van der Waals surface area contributed by atoms with E-state index in [2.05, 4.69) is 9.46 Å². The molecule has 5 nitrogen and oxygen atoms in total. The highest BCUT2D eigenvalue weighted by Gasteiger charge is 2.22. The van der Waals surface area contributed by atoms with Crippen molar-refractivity contribution in [3.8, 4) is 11.8 Å². The fraction of sp³-hybridized carbons (Fsp3) is 0.136. The quantitative estimate of drug-likeness (QED) is 0.578. The Morgan fingerprint density at radius 3 is 2.07 bits per heavy atom. The topological polar surface area (TPSA) is 79.2 Å². The molecule has 0 aliphatic rings. The van der Waals surface area contributed by atoms with Crippen LogP contribution in [0, 0.1) is 11.3 Å². The molecule has 3 aromatic carbocycles. The lowest BCUT2D eigenvalue weighted by Crippen LogP contribution is -2.30. The van der Waals surface area contributed by atoms with Crippen LogP contribution >= 0.6 is 0 Å². The summed E-state index contributed by atoms with van der Waals surface area (Å²) in [5, 5.41) is 8.87. The Balaban J connectivity index is 1.86. The maximum atomic E-state index is 12.8. The highest BCUT2D eigenvalue weighted by Crippen LogP contribution is 2.26. The first-order valence-electron chi connectivity index (χ1n) is 8.95. The van der Waals surface area contributed by atoms with E-state index in [9.17, 15) is 17.2 Å². The number of nitriles is 1. The third kappa shape index (κ3) is 5.86. The number of hydrogen-bond donors (Lipinski definition) is 1. The van der Waals surface area contributed by atoms with Gasteiger partial charge < -0.3 is 4.74 Å². The number of hydrogen-bond acceptors (Lipinski definition) is 4. The first-order valence-corrected chi connectivity index (χ1v) is 10.6. The van der Waals surface area contributed by atoms with Crippen LogP contribution in [0.3, 0.4) is 0 Å². The summed E-state index contributed by atoms with van der Waals surface area (Å²) in [6.45, 7) is -2.94. The van der Waals surface area contributed by atoms with Crippen molar-refractivity contribution in [3.05, 3.63) is 101 Å². The van der Waals surface area contributed by atoms with Crippen molar-refractivity contribution >= 4 is 10.0 Å². The van der Waals surface area contributed by atoms with Gasteiger partial charge in [-0.05, 0) is 41.0 Å². The van der Waals surface area contributed by atoms with Crippen LogP contribution in [0.5, 0.6) is 5.75 Å². The standard InChI is InChI=1S/C22H18F2N2O3S/c23-22(24)29-20-12-10-19(11-13-20)21(18-4-2-1-3-5-18)26-30(27,28)15-17-8-6-16(14-25)7-9-17/h1-13,21-22,26H,15H2/t21-/m1/s1. The summed E-state index contributed by atoms with van der Waals surface area (Å²) < 4.78 is 57.5. The monoisotopic (exact) mass is 428 g/mol. The van der Waals surface area contributed by atoms with Gasteiger partial charge in [0.2, 0.25) is 10.0 Å². The Hall–Kier alpha value is -3.28. The molecule has 1 N–H and O–H groups in total. The molecule has 0 saturated carbocycles. The average molecular weight is 428 g/mol. The van der Waals surface area contributed by atoms with Gasteiger partial charge in [0, 0.05) is 0 Å². The van der Waals surface area contributed by atoms with Crippen LogP contribution in [0.1, 0.15) is 28.3 Å². The fourth-order valence-electron chi connectivity index (χ4n) is 2.93. The summed E-state index contributed by atoms with van der Waals surface area (Å²) in [5.41, 5.74) is 2.25. The molecule has 154 valence electrons. The molecule has 0 aromatic heterocycles. The van der Waals surface area contributed by atoms with E-state index in [1.54, 1.807) is 60.7 Å². The largest absolute Gasteiger partial charge is 0.435 e. The van der Waals surface area contributed by atoms with Crippen molar-refractivity contribution in [2.45, 2.75) is 18.4 Å². The normalized spacial score (nSPS) is 12.3. The van der Waals surface area contributed by atoms with Gasteiger partial charge in [-0.15, -0.1) is 0 Å². The van der Waals surface area contributed by atoms with Crippen LogP contribution in [0.4, 0.5) is 8.78 Å². The van der Waals surface area contributed by atoms with E-state index in [4.69, 9.17) is 5.26 Å². The van der Waals surface area contributed by atoms with Crippen molar-refractivity contribution in [1.29, 1.82) is 5.26 Å². The maximum Gasteiger partial charge on any atom is 0.387 e. The van der Waals surface area contributed by atoms with Crippen molar-refractivity contribution < 1.29 is 21.9 Å². The Morgan fingerprint density at radius 1 is 0.900 bits per heavy atom. The zero-order valence-electron chi connectivity index (χ0n) is 15.7. The number of nitrogens with one attached hydrogen (secondary N) is 1. The molecule has 0 aliphatic heterocycles. The molecule has 0 heterocycles. The van der Waals surface area contributed by atoms with Crippen LogP contribution in [-0.4, -0.2) is 15.0 Å². The van der Waals surface area contributed by atoms with Crippen LogP contribution in [-0.2, 0) is 15.8 Å². The summed E-state index contributed by atoms with van der Waals surface area (Å²) >= 11 is 0. The van der Waals surface area contributed by atoms with Crippen LogP contribution in [0.15, 0.2) is 78.9 Å². The van der Waals surface area contributed by atoms with Crippen molar-refractivity contribution in [3.63, 3.8) is 0 Å². The zero-order chi connectivity index (χ0) is 21.6. The lowest BCUT2D eigenvalue weighted by atomic mass is 10.00. The zero-order valence-corrected chi connectivity index (χ0v) is 16.5. The Kier molecular flexibility index (Phi) is 6.77. The summed E-state index contributed by atoms with van der Waals surface area (Å²) in [6, 6.07) is 22.3. The molecule has 0 amide bonds. The van der Waals surface area contributed by atoms with Crippen molar-refractivity contribution in [1.82, 2.24) is 4.72 Å². The number of nitrogens with zero attached hydrogens (tertiary/aromatic N) is 1. The number of ether oxygens (including phenoxy) is 1.